The van der Waals surface area contributed by atoms with Gasteiger partial charge in [0.1, 0.15) is 6.29 Å². The Morgan fingerprint density at radius 3 is 2.41 bits per heavy atom. The zero-order chi connectivity index (χ0) is 20.2. The molecule has 5 nitrogen and oxygen atoms in total. The monoisotopic (exact) mass is 374 g/mol. The van der Waals surface area contributed by atoms with Gasteiger partial charge in [0.25, 0.3) is 0 Å². The van der Waals surface area contributed by atoms with Crippen LogP contribution in [0.4, 0.5) is 0 Å². The molecule has 0 unspecified atom stereocenters. The van der Waals surface area contributed by atoms with Gasteiger partial charge < -0.3 is 10.2 Å². The molecule has 3 fully saturated rings. The Morgan fingerprint density at radius 2 is 1.81 bits per heavy atom. The van der Waals surface area contributed by atoms with Crippen molar-refractivity contribution < 1.29 is 24.6 Å². The number of carboxylic acids is 1. The summed E-state index contributed by atoms with van der Waals surface area (Å²) >= 11 is 0. The van der Waals surface area contributed by atoms with Crippen LogP contribution in [0.25, 0.3) is 0 Å². The van der Waals surface area contributed by atoms with E-state index in [9.17, 15) is 24.6 Å². The van der Waals surface area contributed by atoms with Crippen LogP contribution in [0.5, 0.6) is 0 Å². The number of Topliss-reactive ketones (excluding diaryl/α,β-unsaturated/α-hetero) is 1. The fourth-order valence-corrected chi connectivity index (χ4v) is 6.82. The Bertz CT molecular complexity index is 750. The summed E-state index contributed by atoms with van der Waals surface area (Å²) in [5, 5.41) is 20.5. The number of hydrogen-bond acceptors (Lipinski definition) is 4. The summed E-state index contributed by atoms with van der Waals surface area (Å²) in [6.45, 7) is 7.80. The van der Waals surface area contributed by atoms with E-state index in [-0.39, 0.29) is 28.4 Å². The molecule has 148 valence electrons. The van der Waals surface area contributed by atoms with Gasteiger partial charge in [0, 0.05) is 17.4 Å². The first-order chi connectivity index (χ1) is 12.5. The Labute approximate surface area is 160 Å². The molecule has 3 rings (SSSR count). The molecule has 0 aliphatic heterocycles. The zero-order valence-corrected chi connectivity index (χ0v) is 16.6. The molecule has 5 heteroatoms. The van der Waals surface area contributed by atoms with Crippen molar-refractivity contribution in [3.8, 4) is 0 Å². The molecule has 3 aliphatic rings. The molecule has 6 atom stereocenters. The molecule has 3 aliphatic carbocycles. The maximum absolute atomic E-state index is 13.0. The van der Waals surface area contributed by atoms with E-state index in [1.807, 2.05) is 6.92 Å². The summed E-state index contributed by atoms with van der Waals surface area (Å²) < 4.78 is 0. The van der Waals surface area contributed by atoms with E-state index < -0.39 is 17.5 Å². The van der Waals surface area contributed by atoms with Crippen molar-refractivity contribution in [3.63, 3.8) is 0 Å². The van der Waals surface area contributed by atoms with Gasteiger partial charge in [-0.25, -0.2) is 0 Å². The van der Waals surface area contributed by atoms with Gasteiger partial charge in [-0.05, 0) is 68.4 Å². The number of carboxylic acid groups (broad SMARTS) is 1. The maximum Gasteiger partial charge on any atom is 0.312 e. The van der Waals surface area contributed by atoms with Gasteiger partial charge in [-0.15, -0.1) is 0 Å². The Morgan fingerprint density at radius 1 is 1.15 bits per heavy atom. The highest BCUT2D eigenvalue weighted by molar-refractivity contribution is 6.01. The molecule has 3 saturated carbocycles. The normalized spacial score (nSPS) is 46.1. The van der Waals surface area contributed by atoms with Crippen molar-refractivity contribution >= 4 is 18.0 Å². The summed E-state index contributed by atoms with van der Waals surface area (Å²) in [7, 11) is 0. The first kappa shape index (κ1) is 20.0. The van der Waals surface area contributed by atoms with Crippen LogP contribution in [-0.4, -0.2) is 34.4 Å². The molecule has 0 aromatic carbocycles. The lowest BCUT2D eigenvalue weighted by atomic mass is 9.43. The molecule has 2 N–H and O–H groups in total. The highest BCUT2D eigenvalue weighted by Gasteiger charge is 2.67. The van der Waals surface area contributed by atoms with E-state index in [1.54, 1.807) is 13.0 Å². The summed E-state index contributed by atoms with van der Waals surface area (Å²) in [5.41, 5.74) is -0.187. The average molecular weight is 374 g/mol. The number of aldehydes is 1. The van der Waals surface area contributed by atoms with Gasteiger partial charge in [-0.1, -0.05) is 19.9 Å². The highest BCUT2D eigenvalue weighted by atomic mass is 16.4. The first-order valence-electron chi connectivity index (χ1n) is 9.81. The third kappa shape index (κ3) is 2.58. The molecular formula is C22H30O5. The van der Waals surface area contributed by atoms with E-state index >= 15 is 0 Å². The van der Waals surface area contributed by atoms with Gasteiger partial charge >= 0.3 is 5.97 Å². The minimum absolute atomic E-state index is 0.0528. The van der Waals surface area contributed by atoms with Crippen molar-refractivity contribution in [2.75, 3.05) is 0 Å². The highest BCUT2D eigenvalue weighted by Crippen LogP contribution is 2.69. The number of aliphatic carboxylic acids is 1. The van der Waals surface area contributed by atoms with Crippen LogP contribution in [0.3, 0.4) is 0 Å². The molecule has 0 spiro atoms. The lowest BCUT2D eigenvalue weighted by Gasteiger charge is -2.61. The quantitative estimate of drug-likeness (QED) is 0.584. The molecule has 27 heavy (non-hydrogen) atoms. The van der Waals surface area contributed by atoms with Crippen molar-refractivity contribution in [1.29, 1.82) is 0 Å². The van der Waals surface area contributed by atoms with Crippen molar-refractivity contribution in [2.45, 2.75) is 65.9 Å². The van der Waals surface area contributed by atoms with Gasteiger partial charge in [0.15, 0.2) is 5.78 Å². The van der Waals surface area contributed by atoms with E-state index in [0.717, 1.165) is 24.0 Å². The first-order valence-corrected chi connectivity index (χ1v) is 9.81. The van der Waals surface area contributed by atoms with Gasteiger partial charge in [-0.2, -0.15) is 0 Å². The number of carbonyl (C=O) groups excluding carboxylic acids is 2. The number of rotatable bonds is 3. The Balaban J connectivity index is 2.10. The predicted octanol–water partition coefficient (Wildman–Crippen LogP) is 3.32. The van der Waals surface area contributed by atoms with Gasteiger partial charge in [0.2, 0.25) is 0 Å². The third-order valence-electron chi connectivity index (χ3n) is 8.21. The number of fused-ring (bicyclic) bond motifs is 3. The van der Waals surface area contributed by atoms with E-state index in [2.05, 4.69) is 13.8 Å². The second kappa shape index (κ2) is 6.40. The number of allylic oxidation sites excluding steroid dienone is 4. The lowest BCUT2D eigenvalue weighted by Crippen LogP contribution is -2.61. The lowest BCUT2D eigenvalue weighted by molar-refractivity contribution is -0.194. The fraction of sp³-hybridized carbons (Fsp3) is 0.682. The van der Waals surface area contributed by atoms with Crippen LogP contribution in [-0.2, 0) is 14.4 Å². The topological polar surface area (TPSA) is 91.7 Å². The summed E-state index contributed by atoms with van der Waals surface area (Å²) in [4.78, 5) is 35.8. The van der Waals surface area contributed by atoms with E-state index in [0.29, 0.717) is 25.5 Å². The minimum atomic E-state index is -1.18. The van der Waals surface area contributed by atoms with Crippen LogP contribution < -0.4 is 0 Å². The number of carbonyl (C=O) groups is 3. The standard InChI is InChI=1S/C22H30O5/c1-13(6-5-11-23)18-14(24)12-16-20(2)10-8-17(25)22(4,19(26)27)15(20)7-9-21(16,18)3/h5-6,11,15-17,25H,7-10,12H2,1-4H3,(H,26,27)/b6-5+,18-13+/t15-,16+,17+,20+,21+,22-/m1/s1. The number of aliphatic hydroxyl groups excluding tert-OH is 1. The molecule has 0 bridgehead atoms. The molecular weight excluding hydrogens is 344 g/mol. The molecule has 0 heterocycles. The van der Waals surface area contributed by atoms with Gasteiger partial charge in [-0.3, -0.25) is 14.4 Å². The Hall–Kier alpha value is -1.75. The van der Waals surface area contributed by atoms with Gasteiger partial charge in [0.05, 0.1) is 11.5 Å². The molecule has 0 amide bonds. The smallest absolute Gasteiger partial charge is 0.312 e. The zero-order valence-electron chi connectivity index (χ0n) is 16.6. The molecule has 0 aromatic rings. The number of hydrogen-bond donors (Lipinski definition) is 2. The van der Waals surface area contributed by atoms with Crippen LogP contribution in [0, 0.1) is 28.1 Å². The summed E-state index contributed by atoms with van der Waals surface area (Å²) in [6.07, 6.45) is 5.95. The minimum Gasteiger partial charge on any atom is -0.481 e. The Kier molecular flexibility index (Phi) is 4.74. The van der Waals surface area contributed by atoms with Crippen molar-refractivity contribution in [1.82, 2.24) is 0 Å². The van der Waals surface area contributed by atoms with Crippen LogP contribution in [0.2, 0.25) is 0 Å². The van der Waals surface area contributed by atoms with Crippen molar-refractivity contribution in [3.05, 3.63) is 23.3 Å². The average Bonchev–Trinajstić information content (AvgIpc) is 2.88. The third-order valence-corrected chi connectivity index (χ3v) is 8.21. The van der Waals surface area contributed by atoms with Crippen molar-refractivity contribution in [2.24, 2.45) is 28.1 Å². The molecule has 0 radical (unpaired) electrons. The second-order valence-corrected chi connectivity index (χ2v) is 9.39. The van der Waals surface area contributed by atoms with Crippen LogP contribution in [0.15, 0.2) is 23.3 Å². The SMILES string of the molecule is CC(/C=C/C=O)=C1/C(=O)C[C@H]2[C@@]3(C)CC[C@H](O)[C@](C)(C(=O)O)[C@@H]3CC[C@]12C. The second-order valence-electron chi connectivity index (χ2n) is 9.39. The van der Waals surface area contributed by atoms with E-state index in [4.69, 9.17) is 0 Å². The maximum atomic E-state index is 13.0. The van der Waals surface area contributed by atoms with Crippen LogP contribution >= 0.6 is 0 Å². The summed E-state index contributed by atoms with van der Waals surface area (Å²) in [5.74, 6) is -0.945. The fourth-order valence-electron chi connectivity index (χ4n) is 6.82. The van der Waals surface area contributed by atoms with E-state index in [1.165, 1.54) is 6.08 Å². The number of aliphatic hydroxyl groups is 1. The number of ketones is 1. The summed E-state index contributed by atoms with van der Waals surface area (Å²) in [6, 6.07) is 0. The molecule has 0 aromatic heterocycles. The largest absolute Gasteiger partial charge is 0.481 e. The predicted molar refractivity (Wildman–Crippen MR) is 101 cm³/mol. The molecule has 0 saturated heterocycles. The van der Waals surface area contributed by atoms with Crippen LogP contribution in [0.1, 0.15) is 59.8 Å².